The van der Waals surface area contributed by atoms with Crippen molar-refractivity contribution in [3.63, 3.8) is 0 Å². The van der Waals surface area contributed by atoms with E-state index in [1.54, 1.807) is 12.1 Å². The summed E-state index contributed by atoms with van der Waals surface area (Å²) in [6.07, 6.45) is 0. The Bertz CT molecular complexity index is 374. The molecule has 4 heteroatoms. The van der Waals surface area contributed by atoms with Crippen molar-refractivity contribution >= 4 is 11.6 Å². The van der Waals surface area contributed by atoms with Gasteiger partial charge >= 0.3 is 0 Å². The summed E-state index contributed by atoms with van der Waals surface area (Å²) in [7, 11) is 0. The van der Waals surface area contributed by atoms with Crippen LogP contribution in [-0.4, -0.2) is 12.6 Å². The standard InChI is InChI=1S/C9H10N2O2/c1-5-2-6-8(7(10)3-5)13-4-11-9(6)12/h2-3H,4,10H2,1H3,(H,11,12). The highest BCUT2D eigenvalue weighted by Crippen LogP contribution is 2.29. The van der Waals surface area contributed by atoms with Crippen molar-refractivity contribution in [2.45, 2.75) is 6.92 Å². The van der Waals surface area contributed by atoms with E-state index in [-0.39, 0.29) is 12.6 Å². The Balaban J connectivity index is 2.63. The number of fused-ring (bicyclic) bond motifs is 1. The first-order chi connectivity index (χ1) is 6.18. The molecule has 2 rings (SSSR count). The Hall–Kier alpha value is -1.71. The van der Waals surface area contributed by atoms with Crippen LogP contribution in [0.4, 0.5) is 5.69 Å². The van der Waals surface area contributed by atoms with Crippen LogP contribution < -0.4 is 15.8 Å². The van der Waals surface area contributed by atoms with Crippen LogP contribution in [0.15, 0.2) is 12.1 Å². The summed E-state index contributed by atoms with van der Waals surface area (Å²) in [5.74, 6) is 0.367. The average molecular weight is 178 g/mol. The SMILES string of the molecule is Cc1cc(N)c2c(c1)C(=O)NCO2. The van der Waals surface area contributed by atoms with E-state index in [9.17, 15) is 4.79 Å². The van der Waals surface area contributed by atoms with E-state index in [1.807, 2.05) is 6.92 Å². The number of anilines is 1. The van der Waals surface area contributed by atoms with Crippen molar-refractivity contribution in [3.05, 3.63) is 23.3 Å². The van der Waals surface area contributed by atoms with Crippen LogP contribution in [-0.2, 0) is 0 Å². The fourth-order valence-corrected chi connectivity index (χ4v) is 1.40. The van der Waals surface area contributed by atoms with E-state index in [0.29, 0.717) is 17.0 Å². The van der Waals surface area contributed by atoms with Gasteiger partial charge < -0.3 is 15.8 Å². The van der Waals surface area contributed by atoms with Gasteiger partial charge in [-0.05, 0) is 24.6 Å². The maximum Gasteiger partial charge on any atom is 0.257 e. The number of rotatable bonds is 0. The Morgan fingerprint density at radius 1 is 1.54 bits per heavy atom. The third-order valence-corrected chi connectivity index (χ3v) is 1.96. The van der Waals surface area contributed by atoms with Crippen molar-refractivity contribution in [2.24, 2.45) is 0 Å². The molecular formula is C9H10N2O2. The molecule has 1 aromatic carbocycles. The summed E-state index contributed by atoms with van der Waals surface area (Å²) in [5.41, 5.74) is 7.69. The number of hydrogen-bond acceptors (Lipinski definition) is 3. The fourth-order valence-electron chi connectivity index (χ4n) is 1.40. The normalized spacial score (nSPS) is 14.4. The van der Waals surface area contributed by atoms with Gasteiger partial charge in [0.05, 0.1) is 11.3 Å². The molecule has 68 valence electrons. The molecule has 0 fully saturated rings. The van der Waals surface area contributed by atoms with Gasteiger partial charge in [0.2, 0.25) is 0 Å². The van der Waals surface area contributed by atoms with E-state index in [1.165, 1.54) is 0 Å². The summed E-state index contributed by atoms with van der Waals surface area (Å²) >= 11 is 0. The van der Waals surface area contributed by atoms with Crippen LogP contribution >= 0.6 is 0 Å². The third kappa shape index (κ3) is 1.20. The summed E-state index contributed by atoms with van der Waals surface area (Å²) in [4.78, 5) is 11.3. The zero-order chi connectivity index (χ0) is 9.42. The Kier molecular flexibility index (Phi) is 1.62. The van der Waals surface area contributed by atoms with Crippen molar-refractivity contribution in [3.8, 4) is 5.75 Å². The van der Waals surface area contributed by atoms with Crippen LogP contribution in [0.25, 0.3) is 0 Å². The quantitative estimate of drug-likeness (QED) is 0.573. The molecule has 1 aliphatic rings. The molecular weight excluding hydrogens is 168 g/mol. The van der Waals surface area contributed by atoms with E-state index >= 15 is 0 Å². The lowest BCUT2D eigenvalue weighted by molar-refractivity contribution is 0.0884. The van der Waals surface area contributed by atoms with Gasteiger partial charge in [-0.15, -0.1) is 0 Å². The lowest BCUT2D eigenvalue weighted by atomic mass is 10.1. The zero-order valence-electron chi connectivity index (χ0n) is 7.26. The number of carbonyl (C=O) groups excluding carboxylic acids is 1. The highest BCUT2D eigenvalue weighted by atomic mass is 16.5. The molecule has 0 bridgehead atoms. The molecule has 1 amide bonds. The average Bonchev–Trinajstić information content (AvgIpc) is 2.07. The van der Waals surface area contributed by atoms with Crippen LogP contribution in [0.2, 0.25) is 0 Å². The molecule has 1 heterocycles. The second-order valence-electron chi connectivity index (χ2n) is 3.03. The van der Waals surface area contributed by atoms with Crippen molar-refractivity contribution in [1.82, 2.24) is 5.32 Å². The highest BCUT2D eigenvalue weighted by molar-refractivity contribution is 5.99. The van der Waals surface area contributed by atoms with Crippen LogP contribution in [0.1, 0.15) is 15.9 Å². The van der Waals surface area contributed by atoms with Gasteiger partial charge in [-0.3, -0.25) is 4.79 Å². The second-order valence-corrected chi connectivity index (χ2v) is 3.03. The number of nitrogens with one attached hydrogen (secondary N) is 1. The first-order valence-electron chi connectivity index (χ1n) is 3.99. The summed E-state index contributed by atoms with van der Waals surface area (Å²) in [5, 5.41) is 2.58. The molecule has 0 unspecified atom stereocenters. The molecule has 1 aromatic rings. The monoisotopic (exact) mass is 178 g/mol. The van der Waals surface area contributed by atoms with Gasteiger partial charge in [-0.2, -0.15) is 0 Å². The van der Waals surface area contributed by atoms with E-state index < -0.39 is 0 Å². The molecule has 0 aromatic heterocycles. The number of carbonyl (C=O) groups is 1. The molecule has 0 aliphatic carbocycles. The molecule has 3 N–H and O–H groups in total. The zero-order valence-corrected chi connectivity index (χ0v) is 7.26. The van der Waals surface area contributed by atoms with Gasteiger partial charge in [0.15, 0.2) is 12.5 Å². The maximum atomic E-state index is 11.3. The molecule has 0 saturated carbocycles. The van der Waals surface area contributed by atoms with Gasteiger partial charge in [0.1, 0.15) is 0 Å². The first-order valence-corrected chi connectivity index (χ1v) is 3.99. The predicted octanol–water partition coefficient (Wildman–Crippen LogP) is 0.657. The number of aryl methyl sites for hydroxylation is 1. The molecule has 0 saturated heterocycles. The minimum absolute atomic E-state index is 0.128. The Morgan fingerprint density at radius 2 is 2.31 bits per heavy atom. The first kappa shape index (κ1) is 7.91. The number of nitrogens with two attached hydrogens (primary N) is 1. The van der Waals surface area contributed by atoms with Crippen molar-refractivity contribution in [2.75, 3.05) is 12.5 Å². The number of nitrogen functional groups attached to an aromatic ring is 1. The molecule has 1 aliphatic heterocycles. The summed E-state index contributed by atoms with van der Waals surface area (Å²) in [6, 6.07) is 3.55. The molecule has 13 heavy (non-hydrogen) atoms. The topological polar surface area (TPSA) is 64.4 Å². The predicted molar refractivity (Wildman–Crippen MR) is 48.6 cm³/mol. The molecule has 0 radical (unpaired) electrons. The number of hydrogen-bond donors (Lipinski definition) is 2. The number of amides is 1. The summed E-state index contributed by atoms with van der Waals surface area (Å²) < 4.78 is 5.22. The van der Waals surface area contributed by atoms with Crippen molar-refractivity contribution in [1.29, 1.82) is 0 Å². The van der Waals surface area contributed by atoms with Crippen molar-refractivity contribution < 1.29 is 9.53 Å². The third-order valence-electron chi connectivity index (χ3n) is 1.96. The lowest BCUT2D eigenvalue weighted by Crippen LogP contribution is -2.33. The summed E-state index contributed by atoms with van der Waals surface area (Å²) in [6.45, 7) is 2.08. The Morgan fingerprint density at radius 3 is 3.08 bits per heavy atom. The lowest BCUT2D eigenvalue weighted by Gasteiger charge is -2.19. The highest BCUT2D eigenvalue weighted by Gasteiger charge is 2.20. The largest absolute Gasteiger partial charge is 0.470 e. The fraction of sp³-hybridized carbons (Fsp3) is 0.222. The van der Waals surface area contributed by atoms with Gasteiger partial charge in [0, 0.05) is 0 Å². The van der Waals surface area contributed by atoms with E-state index in [0.717, 1.165) is 5.56 Å². The molecule has 0 atom stereocenters. The van der Waals surface area contributed by atoms with Crippen LogP contribution in [0.5, 0.6) is 5.75 Å². The van der Waals surface area contributed by atoms with Gasteiger partial charge in [0.25, 0.3) is 5.91 Å². The van der Waals surface area contributed by atoms with Gasteiger partial charge in [-0.25, -0.2) is 0 Å². The van der Waals surface area contributed by atoms with E-state index in [2.05, 4.69) is 5.32 Å². The Labute approximate surface area is 75.7 Å². The van der Waals surface area contributed by atoms with Crippen LogP contribution in [0, 0.1) is 6.92 Å². The number of benzene rings is 1. The van der Waals surface area contributed by atoms with E-state index in [4.69, 9.17) is 10.5 Å². The molecule has 4 nitrogen and oxygen atoms in total. The molecule has 0 spiro atoms. The number of ether oxygens (including phenoxy) is 1. The van der Waals surface area contributed by atoms with Gasteiger partial charge in [-0.1, -0.05) is 0 Å². The minimum Gasteiger partial charge on any atom is -0.470 e. The smallest absolute Gasteiger partial charge is 0.257 e. The minimum atomic E-state index is -0.128. The maximum absolute atomic E-state index is 11.3. The van der Waals surface area contributed by atoms with Crippen LogP contribution in [0.3, 0.4) is 0 Å². The second kappa shape index (κ2) is 2.65.